The molecule has 116 valence electrons. The van der Waals surface area contributed by atoms with Crippen molar-refractivity contribution < 1.29 is 0 Å². The molecule has 0 bridgehead atoms. The fourth-order valence-corrected chi connectivity index (χ4v) is 2.99. The zero-order valence-electron chi connectivity index (χ0n) is 12.6. The second-order valence-corrected chi connectivity index (χ2v) is 6.08. The smallest absolute Gasteiger partial charge is 0.153 e. The van der Waals surface area contributed by atoms with E-state index in [1.807, 2.05) is 48.5 Å². The van der Waals surface area contributed by atoms with Gasteiger partial charge < -0.3 is 11.1 Å². The van der Waals surface area contributed by atoms with Gasteiger partial charge in [0.25, 0.3) is 0 Å². The van der Waals surface area contributed by atoms with E-state index >= 15 is 0 Å². The van der Waals surface area contributed by atoms with Gasteiger partial charge >= 0.3 is 0 Å². The first-order valence-electron chi connectivity index (χ1n) is 7.44. The fraction of sp³-hybridized carbons (Fsp3) is 0.111. The van der Waals surface area contributed by atoms with Crippen LogP contribution in [0.1, 0.15) is 5.56 Å². The van der Waals surface area contributed by atoms with Crippen molar-refractivity contribution in [1.82, 2.24) is 9.97 Å². The van der Waals surface area contributed by atoms with Crippen molar-refractivity contribution in [2.75, 3.05) is 17.6 Å². The summed E-state index contributed by atoms with van der Waals surface area (Å²) < 4.78 is 0. The summed E-state index contributed by atoms with van der Waals surface area (Å²) in [6, 6.07) is 20.4. The largest absolute Gasteiger partial charge is 0.394 e. The number of hydrogen-bond donors (Lipinski definition) is 2. The molecule has 0 saturated carbocycles. The molecule has 3 aromatic rings. The number of aromatic nitrogens is 2. The molecule has 23 heavy (non-hydrogen) atoms. The summed E-state index contributed by atoms with van der Waals surface area (Å²) in [6.45, 7) is 0.778. The first-order valence-corrected chi connectivity index (χ1v) is 8.26. The van der Waals surface area contributed by atoms with E-state index in [4.69, 9.17) is 5.73 Å². The molecule has 0 atom stereocenters. The average molecular weight is 322 g/mol. The van der Waals surface area contributed by atoms with Gasteiger partial charge in [-0.2, -0.15) is 0 Å². The molecule has 0 spiro atoms. The third-order valence-electron chi connectivity index (χ3n) is 3.35. The van der Waals surface area contributed by atoms with E-state index in [9.17, 15) is 0 Å². The Kier molecular flexibility index (Phi) is 5.11. The van der Waals surface area contributed by atoms with Crippen molar-refractivity contribution in [3.05, 3.63) is 72.6 Å². The van der Waals surface area contributed by atoms with Crippen LogP contribution in [0, 0.1) is 0 Å². The molecule has 0 saturated heterocycles. The minimum Gasteiger partial charge on any atom is -0.394 e. The minimum absolute atomic E-state index is 0.592. The van der Waals surface area contributed by atoms with Crippen LogP contribution < -0.4 is 11.1 Å². The quantitative estimate of drug-likeness (QED) is 0.675. The molecule has 0 radical (unpaired) electrons. The van der Waals surface area contributed by atoms with E-state index in [2.05, 4.69) is 27.4 Å². The second-order valence-electron chi connectivity index (χ2n) is 5.02. The van der Waals surface area contributed by atoms with Crippen molar-refractivity contribution in [3.63, 3.8) is 0 Å². The number of nitrogens with one attached hydrogen (secondary N) is 1. The van der Waals surface area contributed by atoms with E-state index < -0.39 is 0 Å². The number of rotatable bonds is 6. The fourth-order valence-electron chi connectivity index (χ4n) is 2.17. The summed E-state index contributed by atoms with van der Waals surface area (Å²) in [5.74, 6) is 0.689. The normalized spacial score (nSPS) is 10.4. The second kappa shape index (κ2) is 7.65. The molecule has 1 aromatic heterocycles. The van der Waals surface area contributed by atoms with Crippen LogP contribution in [0.15, 0.2) is 76.9 Å². The van der Waals surface area contributed by atoms with Crippen LogP contribution in [0.2, 0.25) is 0 Å². The Labute approximate surface area is 140 Å². The van der Waals surface area contributed by atoms with Crippen LogP contribution in [0.5, 0.6) is 0 Å². The Morgan fingerprint density at radius 2 is 1.61 bits per heavy atom. The van der Waals surface area contributed by atoms with Gasteiger partial charge in [-0.15, -0.1) is 0 Å². The summed E-state index contributed by atoms with van der Waals surface area (Å²) in [4.78, 5) is 9.64. The molecule has 2 aromatic carbocycles. The molecule has 0 amide bonds. The van der Waals surface area contributed by atoms with Gasteiger partial charge in [-0.3, -0.25) is 0 Å². The SMILES string of the molecule is Nc1c(NCCc2ccccc2)ncnc1Sc1ccccc1. The van der Waals surface area contributed by atoms with Crippen LogP contribution in [-0.2, 0) is 6.42 Å². The lowest BCUT2D eigenvalue weighted by Gasteiger charge is -2.11. The van der Waals surface area contributed by atoms with Gasteiger partial charge in [0.1, 0.15) is 17.0 Å². The Morgan fingerprint density at radius 1 is 0.913 bits per heavy atom. The zero-order chi connectivity index (χ0) is 15.9. The summed E-state index contributed by atoms with van der Waals surface area (Å²) in [7, 11) is 0. The van der Waals surface area contributed by atoms with E-state index in [0.717, 1.165) is 22.9 Å². The number of anilines is 2. The standard InChI is InChI=1S/C18H18N4S/c19-16-17(20-12-11-14-7-3-1-4-8-14)21-13-22-18(16)23-15-9-5-2-6-10-15/h1-10,13H,11-12,19H2,(H,20,21,22). The predicted octanol–water partition coefficient (Wildman–Crippen LogP) is 3.86. The number of hydrogen-bond acceptors (Lipinski definition) is 5. The van der Waals surface area contributed by atoms with Gasteiger partial charge in [0, 0.05) is 11.4 Å². The number of benzene rings is 2. The molecule has 1 heterocycles. The van der Waals surface area contributed by atoms with Gasteiger partial charge in [-0.05, 0) is 24.1 Å². The molecule has 0 aliphatic heterocycles. The Hall–Kier alpha value is -2.53. The van der Waals surface area contributed by atoms with Crippen LogP contribution in [0.25, 0.3) is 0 Å². The van der Waals surface area contributed by atoms with E-state index in [-0.39, 0.29) is 0 Å². The first kappa shape index (κ1) is 15.4. The summed E-state index contributed by atoms with van der Waals surface area (Å²) in [6.07, 6.45) is 2.47. The third kappa shape index (κ3) is 4.23. The van der Waals surface area contributed by atoms with Crippen LogP contribution in [-0.4, -0.2) is 16.5 Å². The van der Waals surface area contributed by atoms with Gasteiger partial charge in [0.2, 0.25) is 0 Å². The van der Waals surface area contributed by atoms with Gasteiger partial charge in [0.15, 0.2) is 5.82 Å². The molecule has 0 fully saturated rings. The Morgan fingerprint density at radius 3 is 2.35 bits per heavy atom. The highest BCUT2D eigenvalue weighted by Crippen LogP contribution is 2.32. The van der Waals surface area contributed by atoms with Crippen molar-refractivity contribution in [1.29, 1.82) is 0 Å². The van der Waals surface area contributed by atoms with Crippen molar-refractivity contribution in [2.45, 2.75) is 16.3 Å². The molecule has 5 heteroatoms. The topological polar surface area (TPSA) is 63.8 Å². The third-order valence-corrected chi connectivity index (χ3v) is 4.38. The van der Waals surface area contributed by atoms with Gasteiger partial charge in [0.05, 0.1) is 0 Å². The lowest BCUT2D eigenvalue weighted by Crippen LogP contribution is -2.09. The first-order chi connectivity index (χ1) is 11.3. The zero-order valence-corrected chi connectivity index (χ0v) is 13.5. The van der Waals surface area contributed by atoms with E-state index in [1.54, 1.807) is 18.1 Å². The molecule has 3 rings (SSSR count). The van der Waals surface area contributed by atoms with E-state index in [0.29, 0.717) is 11.5 Å². The van der Waals surface area contributed by atoms with E-state index in [1.165, 1.54) is 5.56 Å². The molecule has 0 aliphatic carbocycles. The summed E-state index contributed by atoms with van der Waals surface area (Å²) >= 11 is 1.54. The highest BCUT2D eigenvalue weighted by Gasteiger charge is 2.09. The number of nitrogen functional groups attached to an aromatic ring is 1. The highest BCUT2D eigenvalue weighted by atomic mass is 32.2. The van der Waals surface area contributed by atoms with Gasteiger partial charge in [-0.1, -0.05) is 60.3 Å². The maximum Gasteiger partial charge on any atom is 0.153 e. The van der Waals surface area contributed by atoms with Gasteiger partial charge in [-0.25, -0.2) is 9.97 Å². The van der Waals surface area contributed by atoms with Crippen LogP contribution >= 0.6 is 11.8 Å². The van der Waals surface area contributed by atoms with Crippen molar-refractivity contribution >= 4 is 23.3 Å². The lowest BCUT2D eigenvalue weighted by molar-refractivity contribution is 0.984. The highest BCUT2D eigenvalue weighted by molar-refractivity contribution is 7.99. The maximum absolute atomic E-state index is 6.20. The monoisotopic (exact) mass is 322 g/mol. The molecular formula is C18H18N4S. The van der Waals surface area contributed by atoms with Crippen LogP contribution in [0.3, 0.4) is 0 Å². The molecular weight excluding hydrogens is 304 g/mol. The molecule has 0 aliphatic rings. The number of nitrogens with two attached hydrogens (primary N) is 1. The Balaban J connectivity index is 1.65. The van der Waals surface area contributed by atoms with Crippen molar-refractivity contribution in [2.24, 2.45) is 0 Å². The minimum atomic E-state index is 0.592. The lowest BCUT2D eigenvalue weighted by atomic mass is 10.1. The molecule has 4 nitrogen and oxygen atoms in total. The van der Waals surface area contributed by atoms with Crippen LogP contribution in [0.4, 0.5) is 11.5 Å². The number of nitrogens with zero attached hydrogens (tertiary/aromatic N) is 2. The average Bonchev–Trinajstić information content (AvgIpc) is 2.60. The molecule has 0 unspecified atom stereocenters. The maximum atomic E-state index is 6.20. The predicted molar refractivity (Wildman–Crippen MR) is 95.6 cm³/mol. The Bertz CT molecular complexity index is 747. The van der Waals surface area contributed by atoms with Crippen molar-refractivity contribution in [3.8, 4) is 0 Å². The summed E-state index contributed by atoms with van der Waals surface area (Å²) in [5.41, 5.74) is 8.08. The molecule has 3 N–H and O–H groups in total. The summed E-state index contributed by atoms with van der Waals surface area (Å²) in [5, 5.41) is 4.07.